The molecule has 142 valence electrons. The van der Waals surface area contributed by atoms with Gasteiger partial charge in [0.15, 0.2) is 5.76 Å². The Labute approximate surface area is 155 Å². The van der Waals surface area contributed by atoms with Crippen LogP contribution in [0.3, 0.4) is 0 Å². The van der Waals surface area contributed by atoms with Crippen molar-refractivity contribution in [1.29, 1.82) is 0 Å². The first-order valence-electron chi connectivity index (χ1n) is 9.03. The van der Waals surface area contributed by atoms with E-state index in [0.717, 1.165) is 5.69 Å². The van der Waals surface area contributed by atoms with Crippen LogP contribution in [0.5, 0.6) is 0 Å². The average Bonchev–Trinajstić information content (AvgIpc) is 3.44. The molecule has 4 rings (SSSR count). The molecule has 1 aliphatic heterocycles. The second kappa shape index (κ2) is 7.36. The predicted octanol–water partition coefficient (Wildman–Crippen LogP) is 1.94. The highest BCUT2D eigenvalue weighted by molar-refractivity contribution is 5.76. The number of aliphatic hydroxyl groups is 1. The van der Waals surface area contributed by atoms with Crippen LogP contribution in [-0.4, -0.2) is 42.4 Å². The molecule has 1 aliphatic rings. The van der Waals surface area contributed by atoms with Crippen molar-refractivity contribution in [3.8, 4) is 11.6 Å². The summed E-state index contributed by atoms with van der Waals surface area (Å²) in [4.78, 5) is 18.6. The highest BCUT2D eigenvalue weighted by Crippen LogP contribution is 2.21. The van der Waals surface area contributed by atoms with Crippen LogP contribution in [0.1, 0.15) is 43.1 Å². The van der Waals surface area contributed by atoms with Gasteiger partial charge in [0.05, 0.1) is 36.8 Å². The number of amides is 1. The molecule has 1 amide bonds. The van der Waals surface area contributed by atoms with Crippen LogP contribution in [0.2, 0.25) is 0 Å². The fourth-order valence-electron chi connectivity index (χ4n) is 3.11. The van der Waals surface area contributed by atoms with Gasteiger partial charge in [0.2, 0.25) is 17.6 Å². The molecule has 0 saturated carbocycles. The predicted molar refractivity (Wildman–Crippen MR) is 93.2 cm³/mol. The van der Waals surface area contributed by atoms with Crippen LogP contribution in [0.4, 0.5) is 0 Å². The number of aryl methyl sites for hydroxylation is 1. The van der Waals surface area contributed by atoms with Gasteiger partial charge in [-0.15, -0.1) is 0 Å². The lowest BCUT2D eigenvalue weighted by Gasteiger charge is -2.27. The molecule has 0 radical (unpaired) electrons. The molecule has 0 fully saturated rings. The van der Waals surface area contributed by atoms with E-state index in [9.17, 15) is 9.90 Å². The lowest BCUT2D eigenvalue weighted by atomic mass is 10.2. The number of aromatic nitrogens is 4. The van der Waals surface area contributed by atoms with Crippen LogP contribution >= 0.6 is 0 Å². The molecule has 0 bridgehead atoms. The van der Waals surface area contributed by atoms with Gasteiger partial charge in [-0.05, 0) is 24.6 Å². The van der Waals surface area contributed by atoms with Gasteiger partial charge in [0.1, 0.15) is 0 Å². The highest BCUT2D eigenvalue weighted by atomic mass is 16.5. The minimum Gasteiger partial charge on any atom is -0.461 e. The van der Waals surface area contributed by atoms with Crippen molar-refractivity contribution in [2.75, 3.05) is 6.54 Å². The van der Waals surface area contributed by atoms with Crippen molar-refractivity contribution in [1.82, 2.24) is 24.8 Å². The maximum Gasteiger partial charge on any atom is 0.238 e. The molecule has 0 aromatic carbocycles. The summed E-state index contributed by atoms with van der Waals surface area (Å²) < 4.78 is 12.3. The summed E-state index contributed by atoms with van der Waals surface area (Å²) in [5.41, 5.74) is 1.60. The van der Waals surface area contributed by atoms with Gasteiger partial charge < -0.3 is 18.9 Å². The summed E-state index contributed by atoms with van der Waals surface area (Å²) in [6.45, 7) is 3.62. The van der Waals surface area contributed by atoms with Gasteiger partial charge in [-0.1, -0.05) is 12.1 Å². The van der Waals surface area contributed by atoms with Gasteiger partial charge in [0, 0.05) is 19.4 Å². The van der Waals surface area contributed by atoms with E-state index < -0.39 is 6.10 Å². The molecular weight excluding hydrogens is 350 g/mol. The first kappa shape index (κ1) is 17.5. The molecule has 9 nitrogen and oxygen atoms in total. The molecule has 0 saturated heterocycles. The Morgan fingerprint density at radius 3 is 3.07 bits per heavy atom. The molecule has 0 unspecified atom stereocenters. The van der Waals surface area contributed by atoms with Gasteiger partial charge >= 0.3 is 0 Å². The topological polar surface area (TPSA) is 110 Å². The Morgan fingerprint density at radius 1 is 1.41 bits per heavy atom. The zero-order valence-electron chi connectivity index (χ0n) is 15.0. The number of fused-ring (bicyclic) bond motifs is 1. The average molecular weight is 371 g/mol. The fourth-order valence-corrected chi connectivity index (χ4v) is 3.11. The van der Waals surface area contributed by atoms with Crippen molar-refractivity contribution < 1.29 is 18.8 Å². The van der Waals surface area contributed by atoms with Crippen LogP contribution in [-0.2, 0) is 24.3 Å². The van der Waals surface area contributed by atoms with Crippen LogP contribution < -0.4 is 0 Å². The van der Waals surface area contributed by atoms with E-state index in [2.05, 4.69) is 15.2 Å². The lowest BCUT2D eigenvalue weighted by Crippen LogP contribution is -2.38. The second-order valence-corrected chi connectivity index (χ2v) is 6.51. The third kappa shape index (κ3) is 3.63. The maximum atomic E-state index is 12.6. The molecule has 0 aliphatic carbocycles. The largest absolute Gasteiger partial charge is 0.461 e. The molecule has 27 heavy (non-hydrogen) atoms. The summed E-state index contributed by atoms with van der Waals surface area (Å²) in [5.74, 6) is 1.35. The van der Waals surface area contributed by atoms with E-state index in [-0.39, 0.29) is 5.91 Å². The molecule has 1 N–H and O–H groups in total. The first-order chi connectivity index (χ1) is 13.1. The smallest absolute Gasteiger partial charge is 0.238 e. The first-order valence-corrected chi connectivity index (χ1v) is 9.03. The Bertz CT molecular complexity index is 914. The fraction of sp³-hybridized carbons (Fsp3) is 0.444. The van der Waals surface area contributed by atoms with Gasteiger partial charge in [-0.25, -0.2) is 0 Å². The molecule has 3 aromatic rings. The summed E-state index contributed by atoms with van der Waals surface area (Å²) >= 11 is 0. The standard InChI is InChI=1S/C18H21N5O4/c1-2-14(24)13-10-12-11-22(7-8-23(12)20-13)17(25)6-5-16-19-18(21-27-16)15-4-3-9-26-15/h3-4,9-10,14,24H,2,5-8,11H2,1H3/t14-/m1/s1. The molecule has 0 spiro atoms. The number of carbonyl (C=O) groups is 1. The lowest BCUT2D eigenvalue weighted by molar-refractivity contribution is -0.132. The number of nitrogens with zero attached hydrogens (tertiary/aromatic N) is 5. The number of rotatable bonds is 6. The number of carbonyl (C=O) groups excluding carboxylic acids is 1. The normalized spacial score (nSPS) is 15.0. The Balaban J connectivity index is 1.35. The van der Waals surface area contributed by atoms with Gasteiger partial charge in [-0.3, -0.25) is 9.48 Å². The third-order valence-electron chi connectivity index (χ3n) is 4.66. The molecule has 9 heteroatoms. The van der Waals surface area contributed by atoms with Crippen molar-refractivity contribution in [2.45, 2.75) is 45.4 Å². The van der Waals surface area contributed by atoms with Crippen molar-refractivity contribution in [3.63, 3.8) is 0 Å². The summed E-state index contributed by atoms with van der Waals surface area (Å²) in [6, 6.07) is 5.38. The highest BCUT2D eigenvalue weighted by Gasteiger charge is 2.24. The van der Waals surface area contributed by atoms with Gasteiger partial charge in [-0.2, -0.15) is 10.1 Å². The quantitative estimate of drug-likeness (QED) is 0.705. The monoisotopic (exact) mass is 371 g/mol. The minimum atomic E-state index is -0.562. The van der Waals surface area contributed by atoms with Crippen molar-refractivity contribution >= 4 is 5.91 Å². The number of furan rings is 1. The van der Waals surface area contributed by atoms with E-state index in [1.54, 1.807) is 23.3 Å². The summed E-state index contributed by atoms with van der Waals surface area (Å²) in [5, 5.41) is 18.2. The minimum absolute atomic E-state index is 0.0257. The molecule has 1 atom stereocenters. The number of hydrogen-bond acceptors (Lipinski definition) is 7. The van der Waals surface area contributed by atoms with Crippen LogP contribution in [0.15, 0.2) is 33.4 Å². The zero-order valence-corrected chi connectivity index (χ0v) is 15.0. The van der Waals surface area contributed by atoms with Crippen LogP contribution in [0.25, 0.3) is 11.6 Å². The summed E-state index contributed by atoms with van der Waals surface area (Å²) in [6.07, 6.45) is 2.26. The third-order valence-corrected chi connectivity index (χ3v) is 4.66. The SMILES string of the molecule is CC[C@@H](O)c1cc2n(n1)CCN(C(=O)CCc1nc(-c3ccco3)no1)C2. The van der Waals surface area contributed by atoms with E-state index in [4.69, 9.17) is 8.94 Å². The molecular formula is C18H21N5O4. The van der Waals surface area contributed by atoms with Crippen molar-refractivity contribution in [3.05, 3.63) is 41.7 Å². The van der Waals surface area contributed by atoms with E-state index in [0.29, 0.717) is 62.1 Å². The van der Waals surface area contributed by atoms with E-state index in [1.165, 1.54) is 0 Å². The number of aliphatic hydroxyl groups excluding tert-OH is 1. The van der Waals surface area contributed by atoms with Gasteiger partial charge in [0.25, 0.3) is 0 Å². The Hall–Kier alpha value is -2.94. The van der Waals surface area contributed by atoms with E-state index >= 15 is 0 Å². The van der Waals surface area contributed by atoms with E-state index in [1.807, 2.05) is 17.7 Å². The second-order valence-electron chi connectivity index (χ2n) is 6.51. The maximum absolute atomic E-state index is 12.6. The molecule has 4 heterocycles. The Morgan fingerprint density at radius 2 is 2.30 bits per heavy atom. The van der Waals surface area contributed by atoms with Crippen LogP contribution in [0, 0.1) is 0 Å². The Kier molecular flexibility index (Phi) is 4.76. The molecule has 3 aromatic heterocycles. The number of hydrogen-bond donors (Lipinski definition) is 1. The van der Waals surface area contributed by atoms with Crippen molar-refractivity contribution in [2.24, 2.45) is 0 Å². The summed E-state index contributed by atoms with van der Waals surface area (Å²) in [7, 11) is 0. The zero-order chi connectivity index (χ0) is 18.8.